The number of aryl methyl sites for hydroxylation is 1. The molecule has 0 aliphatic carbocycles. The number of nitrogens with one attached hydrogen (secondary N) is 1. The number of carbonyl (C=O) groups is 2. The van der Waals surface area contributed by atoms with Crippen LogP contribution in [0.25, 0.3) is 6.08 Å². The molecule has 0 radical (unpaired) electrons. The summed E-state index contributed by atoms with van der Waals surface area (Å²) in [6.45, 7) is 8.21. The van der Waals surface area contributed by atoms with Crippen molar-refractivity contribution in [3.05, 3.63) is 45.8 Å². The van der Waals surface area contributed by atoms with Crippen molar-refractivity contribution < 1.29 is 23.8 Å². The fourth-order valence-corrected chi connectivity index (χ4v) is 3.60. The monoisotopic (exact) mass is 403 g/mol. The van der Waals surface area contributed by atoms with Crippen molar-refractivity contribution >= 4 is 34.3 Å². The van der Waals surface area contributed by atoms with Crippen LogP contribution in [0.5, 0.6) is 11.5 Å². The van der Waals surface area contributed by atoms with E-state index in [2.05, 4.69) is 5.32 Å². The van der Waals surface area contributed by atoms with E-state index in [1.807, 2.05) is 26.8 Å². The average molecular weight is 404 g/mol. The third-order valence-corrected chi connectivity index (χ3v) is 5.14. The molecule has 0 saturated heterocycles. The lowest BCUT2D eigenvalue weighted by Crippen LogP contribution is -2.12. The number of hydrogen-bond acceptors (Lipinski definition) is 6. The molecule has 0 aliphatic rings. The second kappa shape index (κ2) is 9.94. The number of thiophene rings is 1. The molecular formula is C21H25NO5S. The first-order valence-electron chi connectivity index (χ1n) is 8.98. The molecule has 1 aromatic carbocycles. The summed E-state index contributed by atoms with van der Waals surface area (Å²) in [5.41, 5.74) is 2.02. The van der Waals surface area contributed by atoms with Gasteiger partial charge in [-0.3, -0.25) is 4.79 Å². The van der Waals surface area contributed by atoms with Crippen LogP contribution in [0.15, 0.2) is 24.3 Å². The summed E-state index contributed by atoms with van der Waals surface area (Å²) in [5.74, 6) is 0.480. The Morgan fingerprint density at radius 1 is 1.14 bits per heavy atom. The molecular weight excluding hydrogens is 378 g/mol. The fraction of sp³-hybridized carbons (Fsp3) is 0.333. The van der Waals surface area contributed by atoms with Crippen molar-refractivity contribution in [1.82, 2.24) is 0 Å². The van der Waals surface area contributed by atoms with Crippen LogP contribution in [0, 0.1) is 13.8 Å². The van der Waals surface area contributed by atoms with E-state index in [-0.39, 0.29) is 12.5 Å². The Labute approximate surface area is 169 Å². The van der Waals surface area contributed by atoms with Gasteiger partial charge < -0.3 is 19.5 Å². The smallest absolute Gasteiger partial charge is 0.341 e. The molecule has 0 saturated carbocycles. The van der Waals surface area contributed by atoms with E-state index in [4.69, 9.17) is 14.2 Å². The van der Waals surface area contributed by atoms with Gasteiger partial charge in [-0.1, -0.05) is 6.07 Å². The lowest BCUT2D eigenvalue weighted by Gasteiger charge is -2.09. The van der Waals surface area contributed by atoms with Crippen LogP contribution in [0.3, 0.4) is 0 Å². The lowest BCUT2D eigenvalue weighted by atomic mass is 10.1. The molecule has 1 N–H and O–H groups in total. The van der Waals surface area contributed by atoms with Gasteiger partial charge in [-0.05, 0) is 57.0 Å². The molecule has 0 unspecified atom stereocenters. The predicted molar refractivity (Wildman–Crippen MR) is 112 cm³/mol. The number of amides is 1. The number of benzene rings is 1. The Morgan fingerprint density at radius 2 is 1.89 bits per heavy atom. The summed E-state index contributed by atoms with van der Waals surface area (Å²) >= 11 is 1.36. The SMILES string of the molecule is CCOC(=O)c1c(NC(=O)C=Cc2ccc(OCC)c(OC)c2)sc(C)c1C. The minimum atomic E-state index is -0.431. The average Bonchev–Trinajstić information content (AvgIpc) is 2.94. The molecule has 0 aliphatic heterocycles. The third-order valence-electron chi connectivity index (χ3n) is 4.02. The molecule has 2 rings (SSSR count). The van der Waals surface area contributed by atoms with Crippen LogP contribution in [0.2, 0.25) is 0 Å². The minimum absolute atomic E-state index is 0.278. The van der Waals surface area contributed by atoms with Gasteiger partial charge in [0.15, 0.2) is 11.5 Å². The highest BCUT2D eigenvalue weighted by molar-refractivity contribution is 7.16. The van der Waals surface area contributed by atoms with Gasteiger partial charge in [0.05, 0.1) is 25.9 Å². The van der Waals surface area contributed by atoms with E-state index in [0.717, 1.165) is 16.0 Å². The normalized spacial score (nSPS) is 10.8. The highest BCUT2D eigenvalue weighted by atomic mass is 32.1. The van der Waals surface area contributed by atoms with Crippen molar-refractivity contribution in [3.63, 3.8) is 0 Å². The standard InChI is InChI=1S/C21H25NO5S/c1-6-26-16-10-8-15(12-17(16)25-5)9-11-18(23)22-20-19(21(24)27-7-2)13(3)14(4)28-20/h8-12H,6-7H2,1-5H3,(H,22,23). The Kier molecular flexibility index (Phi) is 7.63. The first kappa shape index (κ1) is 21.5. The summed E-state index contributed by atoms with van der Waals surface area (Å²) in [5, 5.41) is 3.27. The molecule has 150 valence electrons. The summed E-state index contributed by atoms with van der Waals surface area (Å²) < 4.78 is 15.9. The van der Waals surface area contributed by atoms with Crippen LogP contribution in [0.1, 0.15) is 40.2 Å². The van der Waals surface area contributed by atoms with Gasteiger partial charge in [0.25, 0.3) is 0 Å². The van der Waals surface area contributed by atoms with Crippen molar-refractivity contribution in [2.75, 3.05) is 25.6 Å². The maximum Gasteiger partial charge on any atom is 0.341 e. The van der Waals surface area contributed by atoms with Crippen LogP contribution in [0.4, 0.5) is 5.00 Å². The highest BCUT2D eigenvalue weighted by Crippen LogP contribution is 2.33. The fourth-order valence-electron chi connectivity index (χ4n) is 2.55. The molecule has 1 heterocycles. The van der Waals surface area contributed by atoms with Crippen molar-refractivity contribution in [2.45, 2.75) is 27.7 Å². The molecule has 1 aromatic heterocycles. The second-order valence-electron chi connectivity index (χ2n) is 5.87. The van der Waals surface area contributed by atoms with E-state index in [1.54, 1.807) is 32.2 Å². The van der Waals surface area contributed by atoms with Crippen molar-refractivity contribution in [1.29, 1.82) is 0 Å². The van der Waals surface area contributed by atoms with Crippen LogP contribution in [-0.4, -0.2) is 32.2 Å². The first-order chi connectivity index (χ1) is 13.4. The molecule has 6 nitrogen and oxygen atoms in total. The zero-order valence-corrected chi connectivity index (χ0v) is 17.6. The number of methoxy groups -OCH3 is 1. The van der Waals surface area contributed by atoms with Crippen LogP contribution in [-0.2, 0) is 9.53 Å². The maximum absolute atomic E-state index is 12.4. The van der Waals surface area contributed by atoms with Gasteiger partial charge >= 0.3 is 5.97 Å². The molecule has 0 atom stereocenters. The van der Waals surface area contributed by atoms with E-state index in [9.17, 15) is 9.59 Å². The zero-order chi connectivity index (χ0) is 20.7. The summed E-state index contributed by atoms with van der Waals surface area (Å²) in [6.07, 6.45) is 3.08. The molecule has 1 amide bonds. The summed E-state index contributed by atoms with van der Waals surface area (Å²) in [7, 11) is 1.57. The maximum atomic E-state index is 12.4. The Balaban J connectivity index is 2.16. The molecule has 28 heavy (non-hydrogen) atoms. The highest BCUT2D eigenvalue weighted by Gasteiger charge is 2.21. The quantitative estimate of drug-likeness (QED) is 0.515. The molecule has 7 heteroatoms. The molecule has 2 aromatic rings. The van der Waals surface area contributed by atoms with Gasteiger partial charge in [0.2, 0.25) is 5.91 Å². The van der Waals surface area contributed by atoms with E-state index in [0.29, 0.717) is 28.7 Å². The summed E-state index contributed by atoms with van der Waals surface area (Å²) in [6, 6.07) is 5.42. The van der Waals surface area contributed by atoms with Gasteiger partial charge in [-0.15, -0.1) is 11.3 Å². The van der Waals surface area contributed by atoms with Gasteiger partial charge in [-0.25, -0.2) is 4.79 Å². The lowest BCUT2D eigenvalue weighted by molar-refractivity contribution is -0.111. The molecule has 0 spiro atoms. The number of carbonyl (C=O) groups excluding carboxylic acids is 2. The Hall–Kier alpha value is -2.80. The molecule has 0 fully saturated rings. The van der Waals surface area contributed by atoms with Crippen molar-refractivity contribution in [2.24, 2.45) is 0 Å². The number of anilines is 1. The molecule has 0 bridgehead atoms. The van der Waals surface area contributed by atoms with Gasteiger partial charge in [0.1, 0.15) is 5.00 Å². The van der Waals surface area contributed by atoms with E-state index < -0.39 is 5.97 Å². The predicted octanol–water partition coefficient (Wildman–Crippen LogP) is 4.60. The van der Waals surface area contributed by atoms with Gasteiger partial charge in [-0.2, -0.15) is 0 Å². The largest absolute Gasteiger partial charge is 0.493 e. The van der Waals surface area contributed by atoms with Crippen LogP contribution < -0.4 is 14.8 Å². The number of esters is 1. The van der Waals surface area contributed by atoms with Crippen LogP contribution >= 0.6 is 11.3 Å². The first-order valence-corrected chi connectivity index (χ1v) is 9.79. The number of rotatable bonds is 8. The van der Waals surface area contributed by atoms with E-state index >= 15 is 0 Å². The van der Waals surface area contributed by atoms with E-state index in [1.165, 1.54) is 17.4 Å². The minimum Gasteiger partial charge on any atom is -0.493 e. The Morgan fingerprint density at radius 3 is 2.54 bits per heavy atom. The zero-order valence-electron chi connectivity index (χ0n) is 16.8. The Bertz CT molecular complexity index is 885. The third kappa shape index (κ3) is 5.13. The number of hydrogen-bond donors (Lipinski definition) is 1. The van der Waals surface area contributed by atoms with Gasteiger partial charge in [0, 0.05) is 11.0 Å². The number of ether oxygens (including phenoxy) is 3. The van der Waals surface area contributed by atoms with Crippen molar-refractivity contribution in [3.8, 4) is 11.5 Å². The second-order valence-corrected chi connectivity index (χ2v) is 7.10. The topological polar surface area (TPSA) is 73.9 Å². The summed E-state index contributed by atoms with van der Waals surface area (Å²) in [4.78, 5) is 25.5.